The smallest absolute Gasteiger partial charge is 0.260 e. The van der Waals surface area contributed by atoms with Crippen LogP contribution in [-0.2, 0) is 18.3 Å². The molecule has 0 aliphatic carbocycles. The van der Waals surface area contributed by atoms with E-state index < -0.39 is 0 Å². The van der Waals surface area contributed by atoms with Gasteiger partial charge in [0.1, 0.15) is 23.2 Å². The highest BCUT2D eigenvalue weighted by molar-refractivity contribution is 5.81. The average Bonchev–Trinajstić information content (AvgIpc) is 3.39. The van der Waals surface area contributed by atoms with Gasteiger partial charge in [-0.25, -0.2) is 4.98 Å². The quantitative estimate of drug-likeness (QED) is 0.292. The van der Waals surface area contributed by atoms with Crippen LogP contribution in [0.5, 0.6) is 5.75 Å². The van der Waals surface area contributed by atoms with E-state index in [1.807, 2.05) is 55.9 Å². The van der Waals surface area contributed by atoms with Crippen molar-refractivity contribution in [1.29, 1.82) is 0 Å². The third-order valence-electron chi connectivity index (χ3n) is 8.72. The molecule has 2 aliphatic heterocycles. The highest BCUT2D eigenvalue weighted by atomic mass is 16.5. The zero-order valence-electron chi connectivity index (χ0n) is 26.1. The molecule has 11 nitrogen and oxygen atoms in total. The Morgan fingerprint density at radius 2 is 1.93 bits per heavy atom. The van der Waals surface area contributed by atoms with E-state index in [-0.39, 0.29) is 30.0 Å². The van der Waals surface area contributed by atoms with Crippen LogP contribution in [0.2, 0.25) is 0 Å². The summed E-state index contributed by atoms with van der Waals surface area (Å²) in [6.45, 7) is 12.0. The second-order valence-electron chi connectivity index (χ2n) is 12.3. The van der Waals surface area contributed by atoms with Crippen LogP contribution in [0.15, 0.2) is 47.9 Å². The summed E-state index contributed by atoms with van der Waals surface area (Å²) < 4.78 is 15.3. The van der Waals surface area contributed by atoms with Crippen LogP contribution < -0.4 is 15.6 Å². The van der Waals surface area contributed by atoms with Crippen LogP contribution in [-0.4, -0.2) is 73.9 Å². The summed E-state index contributed by atoms with van der Waals surface area (Å²) >= 11 is 0. The maximum absolute atomic E-state index is 14.0. The van der Waals surface area contributed by atoms with Crippen LogP contribution >= 0.6 is 0 Å². The monoisotopic (exact) mass is 598 g/mol. The first kappa shape index (κ1) is 30.0. The standard InChI is InChI=1S/C33H42N8O3/c1-21(2)22(3)28-17-24-18-34-33(35-25-8-10-26(11-9-25)44-27-7-6-14-39(4)19-27)36-31(24)41(32(28)42)20-29-30(40(5)38-37-29)23-12-15-43-16-13-23/h8-11,17-18,21,23,27H,3,6-7,12-16,19-20H2,1-2,4-5H3,(H,34,35,36). The second-order valence-corrected chi connectivity index (χ2v) is 12.3. The Kier molecular flexibility index (Phi) is 8.76. The van der Waals surface area contributed by atoms with E-state index in [9.17, 15) is 4.79 Å². The van der Waals surface area contributed by atoms with Crippen LogP contribution in [0.1, 0.15) is 62.4 Å². The van der Waals surface area contributed by atoms with Gasteiger partial charge in [-0.1, -0.05) is 25.6 Å². The zero-order valence-corrected chi connectivity index (χ0v) is 26.1. The minimum Gasteiger partial charge on any atom is -0.489 e. The van der Waals surface area contributed by atoms with E-state index in [0.717, 1.165) is 72.6 Å². The number of ether oxygens (including phenoxy) is 2. The normalized spacial score (nSPS) is 18.2. The van der Waals surface area contributed by atoms with Gasteiger partial charge < -0.3 is 19.7 Å². The van der Waals surface area contributed by atoms with E-state index >= 15 is 0 Å². The SMILES string of the molecule is C=C(c1cc2cnc(Nc3ccc(OC4CCCN(C)C4)cc3)nc2n(Cc2nnn(C)c2C2CCOCC2)c1=O)C(C)C. The molecule has 44 heavy (non-hydrogen) atoms. The number of nitrogens with one attached hydrogen (secondary N) is 1. The third-order valence-corrected chi connectivity index (χ3v) is 8.72. The number of aromatic nitrogens is 6. The number of aryl methyl sites for hydroxylation is 1. The topological polar surface area (TPSA) is 112 Å². The van der Waals surface area contributed by atoms with Gasteiger partial charge in [0.25, 0.3) is 5.56 Å². The van der Waals surface area contributed by atoms with E-state index in [4.69, 9.17) is 14.5 Å². The fraction of sp³-hybridized carbons (Fsp3) is 0.485. The van der Waals surface area contributed by atoms with Crippen molar-refractivity contribution in [3.8, 4) is 5.75 Å². The molecule has 3 aromatic heterocycles. The molecule has 0 saturated carbocycles. The highest BCUT2D eigenvalue weighted by Gasteiger charge is 2.25. The molecule has 11 heteroatoms. The largest absolute Gasteiger partial charge is 0.489 e. The lowest BCUT2D eigenvalue weighted by Crippen LogP contribution is -2.38. The number of anilines is 2. The minimum absolute atomic E-state index is 0.107. The summed E-state index contributed by atoms with van der Waals surface area (Å²) in [4.78, 5) is 25.8. The fourth-order valence-electron chi connectivity index (χ4n) is 6.20. The average molecular weight is 599 g/mol. The summed E-state index contributed by atoms with van der Waals surface area (Å²) in [6.07, 6.45) is 5.95. The maximum atomic E-state index is 14.0. The van der Waals surface area contributed by atoms with Crippen molar-refractivity contribution < 1.29 is 9.47 Å². The summed E-state index contributed by atoms with van der Waals surface area (Å²) in [7, 11) is 4.04. The first-order valence-electron chi connectivity index (χ1n) is 15.5. The molecule has 0 amide bonds. The van der Waals surface area contributed by atoms with Gasteiger partial charge in [0.15, 0.2) is 0 Å². The van der Waals surface area contributed by atoms with Crippen LogP contribution in [0, 0.1) is 5.92 Å². The van der Waals surface area contributed by atoms with Crippen molar-refractivity contribution >= 4 is 28.2 Å². The van der Waals surface area contributed by atoms with Gasteiger partial charge in [0.2, 0.25) is 5.95 Å². The molecule has 2 aliphatic rings. The first-order valence-corrected chi connectivity index (χ1v) is 15.5. The van der Waals surface area contributed by atoms with Gasteiger partial charge in [-0.15, -0.1) is 5.10 Å². The molecule has 1 atom stereocenters. The first-order chi connectivity index (χ1) is 21.3. The number of piperidine rings is 1. The van der Waals surface area contributed by atoms with Gasteiger partial charge in [-0.05, 0) is 81.1 Å². The molecule has 2 saturated heterocycles. The number of likely N-dealkylation sites (N-methyl/N-ethyl adjacent to an activating group) is 1. The van der Waals surface area contributed by atoms with Crippen LogP contribution in [0.25, 0.3) is 16.6 Å². The predicted octanol–water partition coefficient (Wildman–Crippen LogP) is 4.75. The number of hydrogen-bond acceptors (Lipinski definition) is 9. The number of pyridine rings is 1. The fourth-order valence-corrected chi connectivity index (χ4v) is 6.20. The van der Waals surface area contributed by atoms with Crippen LogP contribution in [0.3, 0.4) is 0 Å². The van der Waals surface area contributed by atoms with Crippen molar-refractivity contribution in [1.82, 2.24) is 34.4 Å². The molecule has 5 heterocycles. The van der Waals surface area contributed by atoms with Gasteiger partial charge in [-0.2, -0.15) is 4.98 Å². The lowest BCUT2D eigenvalue weighted by atomic mass is 9.94. The summed E-state index contributed by atoms with van der Waals surface area (Å²) in [5, 5.41) is 12.9. The molecule has 4 aromatic rings. The maximum Gasteiger partial charge on any atom is 0.260 e. The number of hydrogen-bond donors (Lipinski definition) is 1. The Labute approximate surface area is 257 Å². The molecule has 0 spiro atoms. The molecule has 0 bridgehead atoms. The second kappa shape index (κ2) is 12.9. The number of benzene rings is 1. The lowest BCUT2D eigenvalue weighted by Gasteiger charge is -2.30. The van der Waals surface area contributed by atoms with Crippen molar-refractivity contribution in [2.45, 2.75) is 58.1 Å². The van der Waals surface area contributed by atoms with E-state index in [0.29, 0.717) is 30.4 Å². The van der Waals surface area contributed by atoms with Crippen LogP contribution in [0.4, 0.5) is 11.6 Å². The van der Waals surface area contributed by atoms with E-state index in [2.05, 4.69) is 39.1 Å². The van der Waals surface area contributed by atoms with Crippen molar-refractivity contribution in [3.05, 3.63) is 70.4 Å². The molecular formula is C33H42N8O3. The minimum atomic E-state index is -0.153. The lowest BCUT2D eigenvalue weighted by molar-refractivity contribution is 0.0835. The van der Waals surface area contributed by atoms with Gasteiger partial charge >= 0.3 is 0 Å². The number of rotatable bonds is 9. The number of nitrogens with zero attached hydrogens (tertiary/aromatic N) is 7. The highest BCUT2D eigenvalue weighted by Crippen LogP contribution is 2.30. The molecular weight excluding hydrogens is 556 g/mol. The van der Waals surface area contributed by atoms with Gasteiger partial charge in [0, 0.05) is 55.6 Å². The Bertz CT molecular complexity index is 1690. The van der Waals surface area contributed by atoms with E-state index in [1.54, 1.807) is 10.8 Å². The molecule has 1 unspecified atom stereocenters. The molecule has 1 aromatic carbocycles. The van der Waals surface area contributed by atoms with E-state index in [1.165, 1.54) is 0 Å². The third kappa shape index (κ3) is 6.39. The summed E-state index contributed by atoms with van der Waals surface area (Å²) in [5.41, 5.74) is 4.34. The van der Waals surface area contributed by atoms with Gasteiger partial charge in [0.05, 0.1) is 12.2 Å². The summed E-state index contributed by atoms with van der Waals surface area (Å²) in [5.74, 6) is 1.61. The summed E-state index contributed by atoms with van der Waals surface area (Å²) in [6, 6.07) is 9.69. The van der Waals surface area contributed by atoms with Crippen molar-refractivity contribution in [3.63, 3.8) is 0 Å². The predicted molar refractivity (Wildman–Crippen MR) is 171 cm³/mol. The number of likely N-dealkylation sites (tertiary alicyclic amines) is 1. The molecule has 232 valence electrons. The molecule has 1 N–H and O–H groups in total. The van der Waals surface area contributed by atoms with Gasteiger partial charge in [-0.3, -0.25) is 14.0 Å². The Balaban J connectivity index is 1.32. The molecule has 0 radical (unpaired) electrons. The Hall–Kier alpha value is -4.09. The molecule has 2 fully saturated rings. The van der Waals surface area contributed by atoms with Crippen molar-refractivity contribution in [2.24, 2.45) is 13.0 Å². The van der Waals surface area contributed by atoms with Crippen molar-refractivity contribution in [2.75, 3.05) is 38.7 Å². The molecule has 6 rings (SSSR count). The Morgan fingerprint density at radius 1 is 1.16 bits per heavy atom. The zero-order chi connectivity index (χ0) is 30.8. The number of fused-ring (bicyclic) bond motifs is 1. The number of allylic oxidation sites excluding steroid dienone is 1. The Morgan fingerprint density at radius 3 is 2.66 bits per heavy atom.